The van der Waals surface area contributed by atoms with Gasteiger partial charge in [-0.15, -0.1) is 0 Å². The van der Waals surface area contributed by atoms with E-state index in [1.54, 1.807) is 32.2 Å². The Morgan fingerprint density at radius 1 is 0.881 bits per heavy atom. The summed E-state index contributed by atoms with van der Waals surface area (Å²) in [4.78, 5) is 55.0. The number of nitrogens with one attached hydrogen (secondary N) is 4. The van der Waals surface area contributed by atoms with Gasteiger partial charge in [0.15, 0.2) is 0 Å². The summed E-state index contributed by atoms with van der Waals surface area (Å²) in [7, 11) is 0. The third-order valence-electron chi connectivity index (χ3n) is 6.99. The van der Waals surface area contributed by atoms with Crippen molar-refractivity contribution in [1.82, 2.24) is 20.9 Å². The predicted octanol–water partition coefficient (Wildman–Crippen LogP) is 1.93. The van der Waals surface area contributed by atoms with Gasteiger partial charge in [0.05, 0.1) is 6.04 Å². The number of carboxylic acids is 1. The Balaban J connectivity index is 1.81. The second-order valence-corrected chi connectivity index (χ2v) is 11.5. The molecule has 1 heterocycles. The lowest BCUT2D eigenvalue weighted by atomic mass is 10.0. The van der Waals surface area contributed by atoms with Gasteiger partial charge in [-0.05, 0) is 53.7 Å². The van der Waals surface area contributed by atoms with Crippen LogP contribution in [-0.4, -0.2) is 75.1 Å². The molecule has 3 amide bonds. The summed E-state index contributed by atoms with van der Waals surface area (Å²) in [6.07, 6.45) is 4.00. The van der Waals surface area contributed by atoms with Crippen LogP contribution < -0.4 is 21.7 Å². The molecule has 0 aliphatic heterocycles. The number of hydrogen-bond donors (Lipinski definition) is 7. The Labute approximate surface area is 249 Å². The molecule has 2 aromatic carbocycles. The van der Waals surface area contributed by atoms with E-state index < -0.39 is 47.9 Å². The highest BCUT2D eigenvalue weighted by Gasteiger charge is 2.31. The Kier molecular flexibility index (Phi) is 11.8. The van der Waals surface area contributed by atoms with E-state index >= 15 is 0 Å². The van der Waals surface area contributed by atoms with E-state index in [2.05, 4.69) is 20.9 Å². The van der Waals surface area contributed by atoms with E-state index in [0.29, 0.717) is 11.3 Å². The number of carboxylic acid groups (broad SMARTS) is 1. The smallest absolute Gasteiger partial charge is 0.326 e. The molecule has 12 heteroatoms. The Hall–Kier alpha value is -4.03. The number of nitrogens with two attached hydrogens (primary N) is 1. The average molecular weight is 598 g/mol. The summed E-state index contributed by atoms with van der Waals surface area (Å²) in [5, 5.41) is 28.2. The molecule has 11 nitrogen and oxygen atoms in total. The van der Waals surface area contributed by atoms with Crippen LogP contribution in [0.25, 0.3) is 10.9 Å². The molecule has 0 aliphatic carbocycles. The van der Waals surface area contributed by atoms with Crippen molar-refractivity contribution in [3.05, 3.63) is 65.9 Å². The van der Waals surface area contributed by atoms with Gasteiger partial charge < -0.3 is 36.9 Å². The number of H-pyrrole nitrogens is 1. The third kappa shape index (κ3) is 8.98. The third-order valence-corrected chi connectivity index (χ3v) is 7.63. The van der Waals surface area contributed by atoms with Crippen molar-refractivity contribution >= 4 is 46.4 Å². The summed E-state index contributed by atoms with van der Waals surface area (Å²) in [6.45, 7) is 3.61. The number of aromatic nitrogens is 1. The van der Waals surface area contributed by atoms with Crippen molar-refractivity contribution in [1.29, 1.82) is 0 Å². The van der Waals surface area contributed by atoms with Gasteiger partial charge >= 0.3 is 5.97 Å². The molecule has 4 unspecified atom stereocenters. The molecule has 3 rings (SSSR count). The van der Waals surface area contributed by atoms with Gasteiger partial charge in [-0.3, -0.25) is 14.4 Å². The molecule has 226 valence electrons. The van der Waals surface area contributed by atoms with Crippen molar-refractivity contribution in [2.75, 3.05) is 12.0 Å². The van der Waals surface area contributed by atoms with Gasteiger partial charge in [-0.25, -0.2) is 4.79 Å². The zero-order chi connectivity index (χ0) is 30.8. The number of aliphatic carboxylic acids is 1. The molecule has 3 aromatic rings. The maximum atomic E-state index is 13.7. The van der Waals surface area contributed by atoms with Crippen LogP contribution >= 0.6 is 11.8 Å². The van der Waals surface area contributed by atoms with E-state index in [1.807, 2.05) is 30.5 Å². The minimum absolute atomic E-state index is 0.0170. The van der Waals surface area contributed by atoms with Crippen molar-refractivity contribution in [2.24, 2.45) is 11.7 Å². The van der Waals surface area contributed by atoms with Crippen LogP contribution in [0.1, 0.15) is 31.4 Å². The molecule has 0 saturated carbocycles. The molecule has 0 aliphatic rings. The fourth-order valence-electron chi connectivity index (χ4n) is 4.42. The van der Waals surface area contributed by atoms with Crippen molar-refractivity contribution in [3.63, 3.8) is 0 Å². The summed E-state index contributed by atoms with van der Waals surface area (Å²) in [5.74, 6) is -2.57. The summed E-state index contributed by atoms with van der Waals surface area (Å²) in [6, 6.07) is 9.40. The van der Waals surface area contributed by atoms with Crippen LogP contribution in [0, 0.1) is 5.92 Å². The Morgan fingerprint density at radius 3 is 2.14 bits per heavy atom. The minimum atomic E-state index is -1.26. The number of amides is 3. The Bertz CT molecular complexity index is 1380. The summed E-state index contributed by atoms with van der Waals surface area (Å²) >= 11 is 1.47. The van der Waals surface area contributed by atoms with Crippen LogP contribution in [0.15, 0.2) is 54.7 Å². The number of carbonyl (C=O) groups is 4. The van der Waals surface area contributed by atoms with Gasteiger partial charge in [0.1, 0.15) is 23.9 Å². The first-order valence-corrected chi connectivity index (χ1v) is 15.1. The lowest BCUT2D eigenvalue weighted by molar-refractivity contribution is -0.142. The number of aromatic amines is 1. The first-order chi connectivity index (χ1) is 20.0. The molecule has 0 radical (unpaired) electrons. The van der Waals surface area contributed by atoms with Crippen LogP contribution in [0.2, 0.25) is 0 Å². The highest BCUT2D eigenvalue weighted by Crippen LogP contribution is 2.20. The van der Waals surface area contributed by atoms with Gasteiger partial charge in [0.2, 0.25) is 17.7 Å². The molecule has 0 saturated heterocycles. The molecular weight excluding hydrogens is 558 g/mol. The zero-order valence-electron chi connectivity index (χ0n) is 23.9. The molecule has 0 bridgehead atoms. The van der Waals surface area contributed by atoms with Crippen molar-refractivity contribution in [2.45, 2.75) is 57.3 Å². The minimum Gasteiger partial charge on any atom is -0.508 e. The second-order valence-electron chi connectivity index (χ2n) is 10.5. The SMILES string of the molecule is CSCCC(NC(=O)C(Cc1c[nH]c2ccccc12)NC(=O)C(N)C(C)C)C(=O)NC(Cc1ccc(O)cc1)C(=O)O. The maximum Gasteiger partial charge on any atom is 0.326 e. The standard InChI is InChI=1S/C30H39N5O6S/c1-17(2)26(31)29(39)34-24(15-19-16-32-22-7-5-4-6-21(19)22)28(38)33-23(12-13-42-3)27(37)35-25(30(40)41)14-18-8-10-20(36)11-9-18/h4-11,16-17,23-26,32,36H,12-15,31H2,1-3H3,(H,33,38)(H,34,39)(H,35,37)(H,40,41). The number of thioether (sulfide) groups is 1. The molecule has 8 N–H and O–H groups in total. The molecule has 0 fully saturated rings. The van der Waals surface area contributed by atoms with E-state index in [4.69, 9.17) is 5.73 Å². The predicted molar refractivity (Wildman–Crippen MR) is 163 cm³/mol. The first kappa shape index (κ1) is 32.5. The highest BCUT2D eigenvalue weighted by molar-refractivity contribution is 7.98. The van der Waals surface area contributed by atoms with E-state index in [1.165, 1.54) is 23.9 Å². The average Bonchev–Trinajstić information content (AvgIpc) is 3.37. The fraction of sp³-hybridized carbons (Fsp3) is 0.400. The van der Waals surface area contributed by atoms with Gasteiger partial charge in [-0.2, -0.15) is 11.8 Å². The molecule has 0 spiro atoms. The van der Waals surface area contributed by atoms with Crippen LogP contribution in [0.3, 0.4) is 0 Å². The van der Waals surface area contributed by atoms with E-state index in [0.717, 1.165) is 16.5 Å². The Morgan fingerprint density at radius 2 is 1.50 bits per heavy atom. The number of aromatic hydroxyl groups is 1. The maximum absolute atomic E-state index is 13.7. The number of benzene rings is 2. The molecular formula is C30H39N5O6S. The molecule has 42 heavy (non-hydrogen) atoms. The lowest BCUT2D eigenvalue weighted by Crippen LogP contribution is -2.58. The van der Waals surface area contributed by atoms with Gasteiger partial charge in [0, 0.05) is 29.9 Å². The second kappa shape index (κ2) is 15.3. The first-order valence-electron chi connectivity index (χ1n) is 13.7. The van der Waals surface area contributed by atoms with Crippen molar-refractivity contribution < 1.29 is 29.4 Å². The fourth-order valence-corrected chi connectivity index (χ4v) is 4.89. The van der Waals surface area contributed by atoms with Gasteiger partial charge in [-0.1, -0.05) is 44.2 Å². The summed E-state index contributed by atoms with van der Waals surface area (Å²) < 4.78 is 0. The van der Waals surface area contributed by atoms with E-state index in [9.17, 15) is 29.4 Å². The number of para-hydroxylation sites is 1. The number of phenolic OH excluding ortho intramolecular Hbond substituents is 1. The monoisotopic (exact) mass is 597 g/mol. The number of hydrogen-bond acceptors (Lipinski definition) is 7. The van der Waals surface area contributed by atoms with Crippen molar-refractivity contribution in [3.8, 4) is 5.75 Å². The number of phenols is 1. The topological polar surface area (TPSA) is 187 Å². The van der Waals surface area contributed by atoms with Crippen LogP contribution in [0.4, 0.5) is 0 Å². The largest absolute Gasteiger partial charge is 0.508 e. The van der Waals surface area contributed by atoms with E-state index in [-0.39, 0.29) is 30.9 Å². The molecule has 4 atom stereocenters. The van der Waals surface area contributed by atoms with Gasteiger partial charge in [0.25, 0.3) is 0 Å². The van der Waals surface area contributed by atoms with Crippen LogP contribution in [-0.2, 0) is 32.0 Å². The summed E-state index contributed by atoms with van der Waals surface area (Å²) in [5.41, 5.74) is 8.34. The number of carbonyl (C=O) groups excluding carboxylic acids is 3. The number of rotatable bonds is 15. The van der Waals surface area contributed by atoms with Crippen LogP contribution in [0.5, 0.6) is 5.75 Å². The normalized spacial score (nSPS) is 14.1. The lowest BCUT2D eigenvalue weighted by Gasteiger charge is -2.26. The highest BCUT2D eigenvalue weighted by atomic mass is 32.2. The quantitative estimate of drug-likeness (QED) is 0.138. The number of fused-ring (bicyclic) bond motifs is 1. The zero-order valence-corrected chi connectivity index (χ0v) is 24.7. The molecule has 1 aromatic heterocycles.